The third-order valence-electron chi connectivity index (χ3n) is 4.83. The second-order valence-corrected chi connectivity index (χ2v) is 9.12. The van der Waals surface area contributed by atoms with Crippen LogP contribution in [0.25, 0.3) is 0 Å². The van der Waals surface area contributed by atoms with E-state index in [1.54, 1.807) is 0 Å². The molecular formula is C17H26FN3O4S. The lowest BCUT2D eigenvalue weighted by Crippen LogP contribution is -2.56. The van der Waals surface area contributed by atoms with Crippen LogP contribution in [0.3, 0.4) is 0 Å². The van der Waals surface area contributed by atoms with Crippen LogP contribution in [0.5, 0.6) is 0 Å². The number of sulfone groups is 1. The first-order valence-electron chi connectivity index (χ1n) is 8.75. The van der Waals surface area contributed by atoms with Gasteiger partial charge in [-0.2, -0.15) is 0 Å². The predicted molar refractivity (Wildman–Crippen MR) is 96.8 cm³/mol. The van der Waals surface area contributed by atoms with Crippen molar-refractivity contribution in [3.05, 3.63) is 24.0 Å². The van der Waals surface area contributed by atoms with Crippen LogP contribution in [0.2, 0.25) is 0 Å². The summed E-state index contributed by atoms with van der Waals surface area (Å²) in [6.45, 7) is 5.24. The van der Waals surface area contributed by atoms with Crippen LogP contribution in [-0.4, -0.2) is 89.3 Å². The van der Waals surface area contributed by atoms with Gasteiger partial charge in [-0.1, -0.05) is 0 Å². The first-order chi connectivity index (χ1) is 12.3. The average molecular weight is 387 g/mol. The van der Waals surface area contributed by atoms with Crippen LogP contribution in [0, 0.1) is 5.82 Å². The lowest BCUT2D eigenvalue weighted by molar-refractivity contribution is -0.0495. The van der Waals surface area contributed by atoms with Gasteiger partial charge in [-0.25, -0.2) is 12.8 Å². The molecule has 0 bridgehead atoms. The van der Waals surface area contributed by atoms with Crippen molar-refractivity contribution in [3.8, 4) is 0 Å². The molecular weight excluding hydrogens is 361 g/mol. The fraction of sp³-hybridized carbons (Fsp3) is 0.647. The van der Waals surface area contributed by atoms with E-state index in [9.17, 15) is 17.9 Å². The minimum Gasteiger partial charge on any atom is -0.385 e. The van der Waals surface area contributed by atoms with Crippen LogP contribution >= 0.6 is 0 Å². The SMILES string of the molecule is CS(=O)(=O)c1ccc(N2CCN(C[C@]3(O)CNCCOC3)CC2)c(F)c1. The molecule has 7 nitrogen and oxygen atoms in total. The molecule has 146 valence electrons. The second kappa shape index (κ2) is 7.77. The van der Waals surface area contributed by atoms with E-state index in [1.807, 2.05) is 4.90 Å². The summed E-state index contributed by atoms with van der Waals surface area (Å²) in [6, 6.07) is 4.05. The molecule has 0 spiro atoms. The van der Waals surface area contributed by atoms with E-state index in [-0.39, 0.29) is 4.90 Å². The van der Waals surface area contributed by atoms with Gasteiger partial charge in [0.05, 0.1) is 23.8 Å². The summed E-state index contributed by atoms with van der Waals surface area (Å²) in [5.41, 5.74) is -0.503. The number of rotatable bonds is 4. The Morgan fingerprint density at radius 2 is 2.04 bits per heavy atom. The van der Waals surface area contributed by atoms with Crippen molar-refractivity contribution >= 4 is 15.5 Å². The lowest BCUT2D eigenvalue weighted by Gasteiger charge is -2.39. The van der Waals surface area contributed by atoms with Gasteiger partial charge in [-0.3, -0.25) is 4.90 Å². The number of benzene rings is 1. The Labute approximate surface area is 153 Å². The number of halogens is 1. The van der Waals surface area contributed by atoms with Gasteiger partial charge >= 0.3 is 0 Å². The first-order valence-corrected chi connectivity index (χ1v) is 10.6. The zero-order chi connectivity index (χ0) is 18.8. The molecule has 26 heavy (non-hydrogen) atoms. The standard InChI is InChI=1S/C17H26FN3O4S/c1-26(23,24)14-2-3-16(15(18)10-14)21-7-5-20(6-8-21)12-17(22)11-19-4-9-25-13-17/h2-3,10,19,22H,4-9,11-13H2,1H3/t17-/m1/s1. The highest BCUT2D eigenvalue weighted by Gasteiger charge is 2.32. The van der Waals surface area contributed by atoms with E-state index >= 15 is 0 Å². The van der Waals surface area contributed by atoms with Gasteiger partial charge in [0.2, 0.25) is 0 Å². The van der Waals surface area contributed by atoms with Crippen LogP contribution in [-0.2, 0) is 14.6 Å². The fourth-order valence-electron chi connectivity index (χ4n) is 3.42. The molecule has 9 heteroatoms. The summed E-state index contributed by atoms with van der Waals surface area (Å²) in [7, 11) is -3.42. The zero-order valence-corrected chi connectivity index (χ0v) is 15.8. The number of piperazine rings is 1. The Hall–Kier alpha value is -1.26. The Kier molecular flexibility index (Phi) is 5.83. The van der Waals surface area contributed by atoms with Crippen molar-refractivity contribution in [2.24, 2.45) is 0 Å². The fourth-order valence-corrected chi connectivity index (χ4v) is 4.05. The maximum Gasteiger partial charge on any atom is 0.175 e. The highest BCUT2D eigenvalue weighted by molar-refractivity contribution is 7.90. The molecule has 2 aliphatic heterocycles. The highest BCUT2D eigenvalue weighted by Crippen LogP contribution is 2.24. The zero-order valence-electron chi connectivity index (χ0n) is 14.9. The summed E-state index contributed by atoms with van der Waals surface area (Å²) in [6.07, 6.45) is 1.07. The van der Waals surface area contributed by atoms with E-state index in [0.717, 1.165) is 18.9 Å². The summed E-state index contributed by atoms with van der Waals surface area (Å²) in [4.78, 5) is 4.04. The molecule has 0 unspecified atom stereocenters. The average Bonchev–Trinajstić information content (AvgIpc) is 2.79. The van der Waals surface area contributed by atoms with Crippen LogP contribution < -0.4 is 10.2 Å². The predicted octanol–water partition coefficient (Wildman–Crippen LogP) is -0.298. The Bertz CT molecular complexity index is 728. The van der Waals surface area contributed by atoms with Gasteiger partial charge < -0.3 is 20.1 Å². The van der Waals surface area contributed by atoms with Gasteiger partial charge in [0.25, 0.3) is 0 Å². The number of hydrogen-bond acceptors (Lipinski definition) is 7. The van der Waals surface area contributed by atoms with Crippen LogP contribution in [0.4, 0.5) is 10.1 Å². The number of hydrogen-bond donors (Lipinski definition) is 2. The third kappa shape index (κ3) is 4.72. The van der Waals surface area contributed by atoms with Crippen molar-refractivity contribution < 1.29 is 22.7 Å². The number of aliphatic hydroxyl groups is 1. The van der Waals surface area contributed by atoms with Gasteiger partial charge in [0.1, 0.15) is 11.4 Å². The molecule has 2 saturated heterocycles. The van der Waals surface area contributed by atoms with Gasteiger partial charge in [0.15, 0.2) is 9.84 Å². The monoisotopic (exact) mass is 387 g/mol. The Morgan fingerprint density at radius 1 is 1.31 bits per heavy atom. The summed E-state index contributed by atoms with van der Waals surface area (Å²) < 4.78 is 42.9. The minimum atomic E-state index is -3.42. The normalized spacial score (nSPS) is 25.9. The van der Waals surface area contributed by atoms with Crippen molar-refractivity contribution in [3.63, 3.8) is 0 Å². The molecule has 1 atom stereocenters. The molecule has 2 aliphatic rings. The molecule has 3 rings (SSSR count). The summed E-state index contributed by atoms with van der Waals surface area (Å²) in [5.74, 6) is -0.527. The Balaban J connectivity index is 1.60. The molecule has 0 aliphatic carbocycles. The quantitative estimate of drug-likeness (QED) is 0.734. The van der Waals surface area contributed by atoms with Crippen molar-refractivity contribution in [2.75, 3.05) is 70.2 Å². The number of nitrogens with one attached hydrogen (secondary N) is 1. The molecule has 1 aromatic rings. The molecule has 2 heterocycles. The molecule has 0 radical (unpaired) electrons. The van der Waals surface area contributed by atoms with Crippen LogP contribution in [0.15, 0.2) is 23.1 Å². The second-order valence-electron chi connectivity index (χ2n) is 7.10. The maximum absolute atomic E-state index is 14.4. The van der Waals surface area contributed by atoms with E-state index in [1.165, 1.54) is 12.1 Å². The van der Waals surface area contributed by atoms with Gasteiger partial charge in [-0.15, -0.1) is 0 Å². The lowest BCUT2D eigenvalue weighted by atomic mass is 10.0. The third-order valence-corrected chi connectivity index (χ3v) is 5.94. The number of nitrogens with zero attached hydrogens (tertiary/aromatic N) is 2. The van der Waals surface area contributed by atoms with Crippen LogP contribution in [0.1, 0.15) is 0 Å². The topological polar surface area (TPSA) is 82.1 Å². The molecule has 0 aromatic heterocycles. The van der Waals surface area contributed by atoms with E-state index in [4.69, 9.17) is 4.74 Å². The molecule has 2 N–H and O–H groups in total. The largest absolute Gasteiger partial charge is 0.385 e. The van der Waals surface area contributed by atoms with Crippen molar-refractivity contribution in [2.45, 2.75) is 10.5 Å². The number of β-amino-alcohol motifs (C(OH)–C–C–N with tert-alkyl or cyclic N) is 1. The minimum absolute atomic E-state index is 0.0135. The maximum atomic E-state index is 14.4. The van der Waals surface area contributed by atoms with E-state index in [2.05, 4.69) is 10.2 Å². The van der Waals surface area contributed by atoms with E-state index < -0.39 is 21.3 Å². The van der Waals surface area contributed by atoms with Gasteiger partial charge in [0, 0.05) is 52.1 Å². The number of anilines is 1. The number of ether oxygens (including phenoxy) is 1. The molecule has 0 amide bonds. The van der Waals surface area contributed by atoms with E-state index in [0.29, 0.717) is 58.2 Å². The van der Waals surface area contributed by atoms with Gasteiger partial charge in [-0.05, 0) is 18.2 Å². The Morgan fingerprint density at radius 3 is 2.69 bits per heavy atom. The van der Waals surface area contributed by atoms with Crippen molar-refractivity contribution in [1.82, 2.24) is 10.2 Å². The molecule has 0 saturated carbocycles. The molecule has 2 fully saturated rings. The highest BCUT2D eigenvalue weighted by atomic mass is 32.2. The first kappa shape index (κ1) is 19.5. The summed E-state index contributed by atoms with van der Waals surface area (Å²) >= 11 is 0. The molecule has 1 aromatic carbocycles. The summed E-state index contributed by atoms with van der Waals surface area (Å²) in [5, 5.41) is 13.9. The smallest absolute Gasteiger partial charge is 0.175 e. The van der Waals surface area contributed by atoms with Crippen molar-refractivity contribution in [1.29, 1.82) is 0 Å².